The van der Waals surface area contributed by atoms with Gasteiger partial charge in [-0.25, -0.2) is 4.98 Å². The Morgan fingerprint density at radius 3 is 3.00 bits per heavy atom. The van der Waals surface area contributed by atoms with Crippen LogP contribution in [0.5, 0.6) is 0 Å². The Balaban J connectivity index is 2.08. The van der Waals surface area contributed by atoms with Gasteiger partial charge in [0.05, 0.1) is 12.1 Å². The summed E-state index contributed by atoms with van der Waals surface area (Å²) >= 11 is 5.96. The van der Waals surface area contributed by atoms with Crippen LogP contribution in [0.4, 0.5) is 5.69 Å². The molecular formula is C13H16ClN5O. The minimum atomic E-state index is -0.206. The predicted octanol–water partition coefficient (Wildman–Crippen LogP) is 2.21. The van der Waals surface area contributed by atoms with E-state index in [4.69, 9.17) is 11.6 Å². The fourth-order valence-electron chi connectivity index (χ4n) is 1.69. The van der Waals surface area contributed by atoms with Gasteiger partial charge < -0.3 is 10.6 Å². The van der Waals surface area contributed by atoms with E-state index in [1.165, 1.54) is 6.33 Å². The van der Waals surface area contributed by atoms with Crippen LogP contribution in [-0.2, 0) is 6.54 Å². The molecule has 3 N–H and O–H groups in total. The first-order valence-corrected chi connectivity index (χ1v) is 6.74. The second-order valence-electron chi connectivity index (χ2n) is 4.23. The lowest BCUT2D eigenvalue weighted by Crippen LogP contribution is -2.24. The molecule has 0 spiro atoms. The zero-order valence-corrected chi connectivity index (χ0v) is 11.9. The topological polar surface area (TPSA) is 82.7 Å². The highest BCUT2D eigenvalue weighted by Gasteiger charge is 2.12. The van der Waals surface area contributed by atoms with E-state index >= 15 is 0 Å². The zero-order valence-electron chi connectivity index (χ0n) is 11.1. The van der Waals surface area contributed by atoms with Crippen molar-refractivity contribution in [1.29, 1.82) is 0 Å². The van der Waals surface area contributed by atoms with Gasteiger partial charge in [0, 0.05) is 17.3 Å². The maximum atomic E-state index is 12.2. The first-order valence-electron chi connectivity index (χ1n) is 6.36. The first kappa shape index (κ1) is 14.3. The summed E-state index contributed by atoms with van der Waals surface area (Å²) in [7, 11) is 0. The molecule has 6 nitrogen and oxygen atoms in total. The summed E-state index contributed by atoms with van der Waals surface area (Å²) < 4.78 is 0. The summed E-state index contributed by atoms with van der Waals surface area (Å²) in [5.74, 6) is 0.394. The molecule has 106 valence electrons. The number of halogens is 1. The van der Waals surface area contributed by atoms with Gasteiger partial charge >= 0.3 is 0 Å². The Hall–Kier alpha value is -2.08. The Morgan fingerprint density at radius 1 is 1.45 bits per heavy atom. The first-order chi connectivity index (χ1) is 9.70. The lowest BCUT2D eigenvalue weighted by Gasteiger charge is -2.11. The van der Waals surface area contributed by atoms with Gasteiger partial charge in [-0.05, 0) is 24.6 Å². The maximum absolute atomic E-state index is 12.2. The van der Waals surface area contributed by atoms with Gasteiger partial charge in [-0.3, -0.25) is 9.89 Å². The molecule has 0 saturated heterocycles. The summed E-state index contributed by atoms with van der Waals surface area (Å²) in [5.41, 5.74) is 1.29. The Morgan fingerprint density at radius 2 is 2.30 bits per heavy atom. The zero-order chi connectivity index (χ0) is 14.4. The number of carbonyl (C=O) groups excluding carboxylic acids is 1. The van der Waals surface area contributed by atoms with E-state index in [2.05, 4.69) is 32.7 Å². The van der Waals surface area contributed by atoms with Crippen LogP contribution in [0.1, 0.15) is 29.5 Å². The predicted molar refractivity (Wildman–Crippen MR) is 77.8 cm³/mol. The fraction of sp³-hybridized carbons (Fsp3) is 0.308. The lowest BCUT2D eigenvalue weighted by molar-refractivity contribution is 0.0950. The molecule has 1 aromatic heterocycles. The normalized spacial score (nSPS) is 10.3. The van der Waals surface area contributed by atoms with E-state index in [0.717, 1.165) is 18.7 Å². The van der Waals surface area contributed by atoms with Crippen LogP contribution in [0, 0.1) is 0 Å². The number of benzene rings is 1. The lowest BCUT2D eigenvalue weighted by atomic mass is 10.1. The number of amides is 1. The summed E-state index contributed by atoms with van der Waals surface area (Å²) in [4.78, 5) is 16.2. The van der Waals surface area contributed by atoms with Crippen LogP contribution in [0.2, 0.25) is 5.02 Å². The number of aromatic nitrogens is 3. The number of anilines is 1. The maximum Gasteiger partial charge on any atom is 0.253 e. The number of rotatable bonds is 6. The van der Waals surface area contributed by atoms with Crippen LogP contribution in [0.25, 0.3) is 0 Å². The average Bonchev–Trinajstić information content (AvgIpc) is 2.96. The van der Waals surface area contributed by atoms with Crippen molar-refractivity contribution in [2.45, 2.75) is 19.9 Å². The molecule has 20 heavy (non-hydrogen) atoms. The van der Waals surface area contributed by atoms with Crippen LogP contribution in [-0.4, -0.2) is 27.6 Å². The molecule has 2 aromatic rings. The van der Waals surface area contributed by atoms with Crippen LogP contribution in [0.15, 0.2) is 24.5 Å². The van der Waals surface area contributed by atoms with E-state index in [1.807, 2.05) is 0 Å². The summed E-state index contributed by atoms with van der Waals surface area (Å²) in [6.07, 6.45) is 2.37. The quantitative estimate of drug-likeness (QED) is 0.762. The third-order valence-corrected chi connectivity index (χ3v) is 2.91. The molecule has 0 atom stereocenters. The average molecular weight is 294 g/mol. The molecule has 0 aliphatic rings. The highest BCUT2D eigenvalue weighted by Crippen LogP contribution is 2.20. The smallest absolute Gasteiger partial charge is 0.253 e. The van der Waals surface area contributed by atoms with Crippen molar-refractivity contribution in [3.63, 3.8) is 0 Å². The number of nitrogens with zero attached hydrogens (tertiary/aromatic N) is 2. The Bertz CT molecular complexity index is 570. The monoisotopic (exact) mass is 293 g/mol. The van der Waals surface area contributed by atoms with Gasteiger partial charge in [0.2, 0.25) is 0 Å². The van der Waals surface area contributed by atoms with Crippen LogP contribution < -0.4 is 10.6 Å². The standard InChI is InChI=1S/C13H16ClN5O/c1-2-5-15-11-4-3-9(14)6-10(11)13(20)16-7-12-17-8-18-19-12/h3-4,6,8,15H,2,5,7H2,1H3,(H,16,20)(H,17,18,19). The minimum absolute atomic E-state index is 0.206. The molecule has 0 aliphatic carbocycles. The van der Waals surface area contributed by atoms with Gasteiger partial charge in [-0.15, -0.1) is 0 Å². The molecule has 2 rings (SSSR count). The molecule has 0 aliphatic heterocycles. The van der Waals surface area contributed by atoms with Crippen molar-refractivity contribution in [2.75, 3.05) is 11.9 Å². The molecule has 1 heterocycles. The molecule has 0 fully saturated rings. The number of hydrogen-bond donors (Lipinski definition) is 3. The fourth-order valence-corrected chi connectivity index (χ4v) is 1.87. The van der Waals surface area contributed by atoms with Crippen LogP contribution >= 0.6 is 11.6 Å². The number of hydrogen-bond acceptors (Lipinski definition) is 4. The SMILES string of the molecule is CCCNc1ccc(Cl)cc1C(=O)NCc1ncn[nH]1. The van der Waals surface area contributed by atoms with E-state index in [1.54, 1.807) is 18.2 Å². The van der Waals surface area contributed by atoms with Gasteiger partial charge in [0.15, 0.2) is 0 Å². The number of nitrogens with one attached hydrogen (secondary N) is 3. The Kier molecular flexibility index (Phi) is 4.95. The van der Waals surface area contributed by atoms with Crippen LogP contribution in [0.3, 0.4) is 0 Å². The van der Waals surface area contributed by atoms with Crippen molar-refractivity contribution < 1.29 is 4.79 Å². The number of carbonyl (C=O) groups is 1. The molecule has 1 aromatic carbocycles. The van der Waals surface area contributed by atoms with E-state index < -0.39 is 0 Å². The van der Waals surface area contributed by atoms with Gasteiger partial charge in [-0.2, -0.15) is 5.10 Å². The molecule has 0 bridgehead atoms. The van der Waals surface area contributed by atoms with Gasteiger partial charge in [-0.1, -0.05) is 18.5 Å². The van der Waals surface area contributed by atoms with Crippen molar-refractivity contribution in [2.24, 2.45) is 0 Å². The highest BCUT2D eigenvalue weighted by molar-refractivity contribution is 6.31. The van der Waals surface area contributed by atoms with Gasteiger partial charge in [0.1, 0.15) is 12.2 Å². The number of H-pyrrole nitrogens is 1. The van der Waals surface area contributed by atoms with E-state index in [0.29, 0.717) is 23.0 Å². The second kappa shape index (κ2) is 6.91. The molecule has 0 saturated carbocycles. The Labute approximate surface area is 121 Å². The molecule has 7 heteroatoms. The molecule has 0 unspecified atom stereocenters. The molecule has 1 amide bonds. The van der Waals surface area contributed by atoms with E-state index in [-0.39, 0.29) is 5.91 Å². The van der Waals surface area contributed by atoms with Gasteiger partial charge in [0.25, 0.3) is 5.91 Å². The van der Waals surface area contributed by atoms with E-state index in [9.17, 15) is 4.79 Å². The highest BCUT2D eigenvalue weighted by atomic mass is 35.5. The number of aromatic amines is 1. The van der Waals surface area contributed by atoms with Crippen molar-refractivity contribution in [3.8, 4) is 0 Å². The third-order valence-electron chi connectivity index (χ3n) is 2.67. The molecular weight excluding hydrogens is 278 g/mol. The summed E-state index contributed by atoms with van der Waals surface area (Å²) in [5, 5.41) is 12.9. The van der Waals surface area contributed by atoms with Crippen molar-refractivity contribution >= 4 is 23.2 Å². The second-order valence-corrected chi connectivity index (χ2v) is 4.67. The van der Waals surface area contributed by atoms with Crippen molar-refractivity contribution in [3.05, 3.63) is 40.9 Å². The third kappa shape index (κ3) is 3.71. The summed E-state index contributed by atoms with van der Waals surface area (Å²) in [6, 6.07) is 5.21. The summed E-state index contributed by atoms with van der Waals surface area (Å²) in [6.45, 7) is 3.15. The minimum Gasteiger partial charge on any atom is -0.384 e. The molecule has 0 radical (unpaired) electrons. The largest absolute Gasteiger partial charge is 0.384 e. The van der Waals surface area contributed by atoms with Crippen molar-refractivity contribution in [1.82, 2.24) is 20.5 Å².